The molecule has 4 atom stereocenters. The van der Waals surface area contributed by atoms with Gasteiger partial charge in [0.2, 0.25) is 0 Å². The predicted molar refractivity (Wildman–Crippen MR) is 115 cm³/mol. The quantitative estimate of drug-likeness (QED) is 0.275. The molecule has 34 heavy (non-hydrogen) atoms. The largest absolute Gasteiger partial charge is 0.493 e. The number of aromatic nitrogens is 2. The highest BCUT2D eigenvalue weighted by molar-refractivity contribution is 5.93. The molecule has 1 heterocycles. The smallest absolute Gasteiger partial charge is 0.164 e. The molecule has 0 unspecified atom stereocenters. The number of hydrogen-bond acceptors (Lipinski definition) is 9. The van der Waals surface area contributed by atoms with Crippen LogP contribution in [0.3, 0.4) is 0 Å². The van der Waals surface area contributed by atoms with Gasteiger partial charge >= 0.3 is 0 Å². The molecule has 7 N–H and O–H groups in total. The van der Waals surface area contributed by atoms with E-state index in [4.69, 9.17) is 14.6 Å². The highest BCUT2D eigenvalue weighted by Gasteiger charge is 2.34. The van der Waals surface area contributed by atoms with Crippen molar-refractivity contribution in [2.75, 3.05) is 25.6 Å². The summed E-state index contributed by atoms with van der Waals surface area (Å²) < 4.78 is 51.4. The molecule has 3 rings (SSSR count). The molecule has 0 fully saturated rings. The maximum absolute atomic E-state index is 13.5. The van der Waals surface area contributed by atoms with Gasteiger partial charge in [-0.15, -0.1) is 0 Å². The van der Waals surface area contributed by atoms with E-state index in [1.54, 1.807) is 0 Å². The van der Waals surface area contributed by atoms with Crippen molar-refractivity contribution in [2.24, 2.45) is 0 Å². The maximum Gasteiger partial charge on any atom is 0.164 e. The first-order chi connectivity index (χ1) is 15.8. The Morgan fingerprint density at radius 3 is 2.21 bits per heavy atom. The van der Waals surface area contributed by atoms with Crippen LogP contribution in [0.2, 0.25) is 0 Å². The second-order valence-corrected chi connectivity index (χ2v) is 7.04. The van der Waals surface area contributed by atoms with Crippen LogP contribution in [0.25, 0.3) is 10.9 Å². The molecular weight excluding hydrogens is 463 g/mol. The number of aliphatic hydroxyl groups is 4. The van der Waals surface area contributed by atoms with Crippen LogP contribution in [0.1, 0.15) is 0 Å². The number of aliphatic hydroxyl groups excluding tert-OH is 4. The van der Waals surface area contributed by atoms with Crippen LogP contribution in [0.15, 0.2) is 36.7 Å². The second kappa shape index (κ2) is 11.8. The molecule has 0 aliphatic heterocycles. The summed E-state index contributed by atoms with van der Waals surface area (Å²) in [6, 6.07) is 5.72. The van der Waals surface area contributed by atoms with Crippen LogP contribution < -0.4 is 14.8 Å². The average molecular weight is 487 g/mol. The third kappa shape index (κ3) is 6.01. The normalized spacial score (nSPS) is 14.6. The number of hydrogen-bond donors (Lipinski definition) is 5. The molecule has 3 aromatic rings. The van der Waals surface area contributed by atoms with Gasteiger partial charge in [0.15, 0.2) is 23.8 Å². The summed E-state index contributed by atoms with van der Waals surface area (Å²) in [6.07, 6.45) is -6.31. The van der Waals surface area contributed by atoms with Gasteiger partial charge in [-0.25, -0.2) is 23.1 Å². The summed E-state index contributed by atoms with van der Waals surface area (Å²) in [7, 11) is 1.31. The number of methoxy groups -OCH3 is 1. The van der Waals surface area contributed by atoms with Crippen molar-refractivity contribution in [2.45, 2.75) is 24.5 Å². The summed E-state index contributed by atoms with van der Waals surface area (Å²) in [5.41, 5.74) is 0.402. The molecule has 0 amide bonds. The van der Waals surface area contributed by atoms with Crippen molar-refractivity contribution in [1.29, 1.82) is 0 Å². The van der Waals surface area contributed by atoms with Gasteiger partial charge < -0.3 is 40.7 Å². The van der Waals surface area contributed by atoms with Gasteiger partial charge in [0.05, 0.1) is 25.8 Å². The minimum Gasteiger partial charge on any atom is -0.493 e. The number of rotatable bonds is 10. The van der Waals surface area contributed by atoms with E-state index in [1.807, 2.05) is 0 Å². The van der Waals surface area contributed by atoms with Gasteiger partial charge in [0.1, 0.15) is 36.0 Å². The minimum absolute atomic E-state index is 0. The SMILES string of the molecule is COc1cc2c(Nc3cc(F)cc(F)c3)ncnc2cc1O[C@H](CO)[C@H](O)[C@@H](O)[C@H](F)CO.O. The average Bonchev–Trinajstić information content (AvgIpc) is 2.80. The van der Waals surface area contributed by atoms with E-state index < -0.39 is 49.3 Å². The number of anilines is 2. The van der Waals surface area contributed by atoms with Crippen LogP contribution in [-0.4, -0.2) is 80.7 Å². The molecule has 0 aliphatic rings. The Labute approximate surface area is 191 Å². The molecule has 1 aromatic heterocycles. The number of fused-ring (bicyclic) bond motifs is 1. The fraction of sp³-hybridized carbons (Fsp3) is 0.333. The van der Waals surface area contributed by atoms with E-state index in [0.29, 0.717) is 10.9 Å². The van der Waals surface area contributed by atoms with Gasteiger partial charge in [0.25, 0.3) is 0 Å². The lowest BCUT2D eigenvalue weighted by Gasteiger charge is -2.28. The third-order valence-corrected chi connectivity index (χ3v) is 4.78. The molecule has 186 valence electrons. The van der Waals surface area contributed by atoms with Crippen LogP contribution >= 0.6 is 0 Å². The Kier molecular flexibility index (Phi) is 9.35. The van der Waals surface area contributed by atoms with Gasteiger partial charge in [0, 0.05) is 23.2 Å². The standard InChI is InChI=1S/C21H22F3N3O6.H2O/c1-32-16-5-13-15(6-17(16)33-18(8-29)20(31)19(30)14(24)7-28)25-9-26-21(13)27-12-3-10(22)2-11(23)4-12;/h2-6,9,14,18-20,28-31H,7-8H2,1H3,(H,25,26,27);1H2/t14-,18-,19+,20+;/m1./s1. The molecule has 0 radical (unpaired) electrons. The van der Waals surface area contributed by atoms with Crippen molar-refractivity contribution >= 4 is 22.4 Å². The van der Waals surface area contributed by atoms with Gasteiger partial charge in [-0.1, -0.05) is 0 Å². The topological polar surface area (TPSA) is 169 Å². The molecular formula is C21H24F3N3O7. The van der Waals surface area contributed by atoms with Gasteiger partial charge in [-0.2, -0.15) is 0 Å². The zero-order valence-corrected chi connectivity index (χ0v) is 17.8. The Morgan fingerprint density at radius 2 is 1.62 bits per heavy atom. The van der Waals surface area contributed by atoms with Gasteiger partial charge in [-0.3, -0.25) is 0 Å². The molecule has 2 aromatic carbocycles. The molecule has 0 saturated carbocycles. The van der Waals surface area contributed by atoms with Crippen molar-refractivity contribution < 1.29 is 48.5 Å². The molecule has 0 saturated heterocycles. The van der Waals surface area contributed by atoms with Crippen molar-refractivity contribution in [3.8, 4) is 11.5 Å². The summed E-state index contributed by atoms with van der Waals surface area (Å²) in [4.78, 5) is 8.19. The van der Waals surface area contributed by atoms with Crippen molar-refractivity contribution in [1.82, 2.24) is 9.97 Å². The highest BCUT2D eigenvalue weighted by Crippen LogP contribution is 2.36. The molecule has 10 nitrogen and oxygen atoms in total. The van der Waals surface area contributed by atoms with Crippen LogP contribution in [-0.2, 0) is 0 Å². The highest BCUT2D eigenvalue weighted by atomic mass is 19.1. The summed E-state index contributed by atoms with van der Waals surface area (Å²) in [6.45, 7) is -1.82. The van der Waals surface area contributed by atoms with E-state index in [1.165, 1.54) is 25.6 Å². The number of halogens is 3. The van der Waals surface area contributed by atoms with Crippen molar-refractivity contribution in [3.05, 3.63) is 48.3 Å². The number of benzene rings is 2. The van der Waals surface area contributed by atoms with E-state index in [9.17, 15) is 28.5 Å². The first-order valence-electron chi connectivity index (χ1n) is 9.71. The third-order valence-electron chi connectivity index (χ3n) is 4.78. The van der Waals surface area contributed by atoms with Crippen LogP contribution in [0.5, 0.6) is 11.5 Å². The predicted octanol–water partition coefficient (Wildman–Crippen LogP) is 0.627. The van der Waals surface area contributed by atoms with E-state index in [2.05, 4.69) is 15.3 Å². The second-order valence-electron chi connectivity index (χ2n) is 7.04. The molecule has 0 aliphatic carbocycles. The lowest BCUT2D eigenvalue weighted by atomic mass is 10.0. The Morgan fingerprint density at radius 1 is 0.941 bits per heavy atom. The van der Waals surface area contributed by atoms with E-state index in [-0.39, 0.29) is 28.5 Å². The number of nitrogens with one attached hydrogen (secondary N) is 1. The Bertz CT molecular complexity index is 1090. The van der Waals surface area contributed by atoms with Gasteiger partial charge in [-0.05, 0) is 18.2 Å². The fourth-order valence-corrected chi connectivity index (χ4v) is 3.10. The Balaban J connectivity index is 0.00000408. The summed E-state index contributed by atoms with van der Waals surface area (Å²) >= 11 is 0. The minimum atomic E-state index is -2.15. The van der Waals surface area contributed by atoms with E-state index in [0.717, 1.165) is 18.2 Å². The zero-order chi connectivity index (χ0) is 24.1. The summed E-state index contributed by atoms with van der Waals surface area (Å²) in [5, 5.41) is 41.5. The monoisotopic (exact) mass is 487 g/mol. The molecule has 0 spiro atoms. The Hall–Kier alpha value is -3.23. The maximum atomic E-state index is 13.5. The lowest BCUT2D eigenvalue weighted by Crippen LogP contribution is -2.48. The molecule has 0 bridgehead atoms. The zero-order valence-electron chi connectivity index (χ0n) is 17.8. The first kappa shape index (κ1) is 27.0. The number of ether oxygens (including phenoxy) is 2. The lowest BCUT2D eigenvalue weighted by molar-refractivity contribution is -0.0981. The van der Waals surface area contributed by atoms with Crippen LogP contribution in [0.4, 0.5) is 24.7 Å². The van der Waals surface area contributed by atoms with E-state index >= 15 is 0 Å². The van der Waals surface area contributed by atoms with Crippen molar-refractivity contribution in [3.63, 3.8) is 0 Å². The number of alkyl halides is 1. The number of nitrogens with zero attached hydrogens (tertiary/aromatic N) is 2. The fourth-order valence-electron chi connectivity index (χ4n) is 3.10. The summed E-state index contributed by atoms with van der Waals surface area (Å²) in [5.74, 6) is -1.26. The first-order valence-corrected chi connectivity index (χ1v) is 9.71. The molecule has 13 heteroatoms. The van der Waals surface area contributed by atoms with Crippen LogP contribution in [0, 0.1) is 11.6 Å².